The highest BCUT2D eigenvalue weighted by Crippen LogP contribution is 2.26. The molecule has 2 aromatic heterocycles. The number of carbonyl (C=O) groups excluding carboxylic acids is 2. The second kappa shape index (κ2) is 10.5. The topological polar surface area (TPSA) is 79.3 Å². The van der Waals surface area contributed by atoms with Crippen LogP contribution in [0.2, 0.25) is 0 Å². The number of hydrogen-bond donors (Lipinski definition) is 0. The first kappa shape index (κ1) is 23.4. The molecule has 0 unspecified atom stereocenters. The third-order valence-corrected chi connectivity index (χ3v) is 7.52. The molecule has 7 nitrogen and oxygen atoms in total. The van der Waals surface area contributed by atoms with Crippen LogP contribution < -0.4 is 0 Å². The summed E-state index contributed by atoms with van der Waals surface area (Å²) >= 11 is 0. The second-order valence-electron chi connectivity index (χ2n) is 10.00. The van der Waals surface area contributed by atoms with Gasteiger partial charge < -0.3 is 9.80 Å². The van der Waals surface area contributed by atoms with E-state index in [1.807, 2.05) is 22.1 Å². The maximum absolute atomic E-state index is 13.4. The standard InChI is InChI=1S/C28H33N5O2/c1-20(34)33-13-3-4-23(19-33)18-26-27(31-12-11-30-26)28(35)32-14-8-21(9-15-32)16-22-6-7-25-24(17-22)5-2-10-29-25/h2,5-7,10-12,17,21,23H,3-4,8-9,13-16,18-19H2,1H3/t23-/m1/s1. The van der Waals surface area contributed by atoms with Gasteiger partial charge in [-0.15, -0.1) is 0 Å². The third kappa shape index (κ3) is 5.50. The minimum Gasteiger partial charge on any atom is -0.343 e. The van der Waals surface area contributed by atoms with Crippen LogP contribution in [0, 0.1) is 11.8 Å². The van der Waals surface area contributed by atoms with Gasteiger partial charge in [-0.1, -0.05) is 12.1 Å². The van der Waals surface area contributed by atoms with Gasteiger partial charge in [-0.05, 0) is 74.1 Å². The largest absolute Gasteiger partial charge is 0.343 e. The zero-order valence-electron chi connectivity index (χ0n) is 20.4. The Morgan fingerprint density at radius 1 is 0.886 bits per heavy atom. The number of pyridine rings is 1. The van der Waals surface area contributed by atoms with Gasteiger partial charge in [-0.3, -0.25) is 19.6 Å². The first-order valence-corrected chi connectivity index (χ1v) is 12.7. The van der Waals surface area contributed by atoms with Gasteiger partial charge in [0.1, 0.15) is 5.69 Å². The first-order chi connectivity index (χ1) is 17.1. The quantitative estimate of drug-likeness (QED) is 0.564. The van der Waals surface area contributed by atoms with E-state index in [1.165, 1.54) is 10.9 Å². The van der Waals surface area contributed by atoms with Crippen molar-refractivity contribution in [1.29, 1.82) is 0 Å². The third-order valence-electron chi connectivity index (χ3n) is 7.52. The lowest BCUT2D eigenvalue weighted by Crippen LogP contribution is -2.41. The Bertz CT molecular complexity index is 1200. The molecule has 3 aromatic rings. The summed E-state index contributed by atoms with van der Waals surface area (Å²) in [6, 6.07) is 10.6. The molecule has 5 rings (SSSR count). The summed E-state index contributed by atoms with van der Waals surface area (Å²) in [5.74, 6) is 0.990. The lowest BCUT2D eigenvalue weighted by atomic mass is 9.89. The molecule has 1 aromatic carbocycles. The van der Waals surface area contributed by atoms with E-state index in [0.29, 0.717) is 24.0 Å². The molecule has 7 heteroatoms. The van der Waals surface area contributed by atoms with Crippen LogP contribution >= 0.6 is 0 Å². The molecule has 2 saturated heterocycles. The normalized spacial score (nSPS) is 19.2. The number of carbonyl (C=O) groups is 2. The smallest absolute Gasteiger partial charge is 0.274 e. The Hall–Kier alpha value is -3.35. The van der Waals surface area contributed by atoms with Gasteiger partial charge >= 0.3 is 0 Å². The van der Waals surface area contributed by atoms with Gasteiger partial charge in [-0.2, -0.15) is 0 Å². The Kier molecular flexibility index (Phi) is 7.02. The molecule has 0 radical (unpaired) electrons. The number of hydrogen-bond acceptors (Lipinski definition) is 5. The van der Waals surface area contributed by atoms with E-state index < -0.39 is 0 Å². The van der Waals surface area contributed by atoms with Crippen molar-refractivity contribution in [3.63, 3.8) is 0 Å². The van der Waals surface area contributed by atoms with Crippen LogP contribution in [0.5, 0.6) is 0 Å². The van der Waals surface area contributed by atoms with E-state index >= 15 is 0 Å². The predicted octanol–water partition coefficient (Wildman–Crippen LogP) is 3.92. The molecule has 2 aliphatic heterocycles. The summed E-state index contributed by atoms with van der Waals surface area (Å²) in [6.45, 7) is 4.67. The van der Waals surface area contributed by atoms with Gasteiger partial charge in [0, 0.05) is 57.1 Å². The van der Waals surface area contributed by atoms with Crippen LogP contribution in [0.3, 0.4) is 0 Å². The lowest BCUT2D eigenvalue weighted by Gasteiger charge is -2.33. The van der Waals surface area contributed by atoms with Crippen molar-refractivity contribution in [3.8, 4) is 0 Å². The highest BCUT2D eigenvalue weighted by Gasteiger charge is 2.28. The minimum absolute atomic E-state index is 0.0115. The van der Waals surface area contributed by atoms with Crippen molar-refractivity contribution < 1.29 is 9.59 Å². The van der Waals surface area contributed by atoms with E-state index in [1.54, 1.807) is 19.3 Å². The number of rotatable bonds is 5. The average Bonchev–Trinajstić information content (AvgIpc) is 2.89. The molecule has 2 amide bonds. The van der Waals surface area contributed by atoms with Gasteiger partial charge in [0.05, 0.1) is 11.2 Å². The van der Waals surface area contributed by atoms with E-state index in [2.05, 4.69) is 39.2 Å². The summed E-state index contributed by atoms with van der Waals surface area (Å²) in [5, 5.41) is 1.18. The lowest BCUT2D eigenvalue weighted by molar-refractivity contribution is -0.130. The van der Waals surface area contributed by atoms with Crippen molar-refractivity contribution in [2.24, 2.45) is 11.8 Å². The zero-order valence-corrected chi connectivity index (χ0v) is 20.4. The summed E-state index contributed by atoms with van der Waals surface area (Å²) in [5.41, 5.74) is 3.60. The fourth-order valence-corrected chi connectivity index (χ4v) is 5.56. The minimum atomic E-state index is -0.0115. The van der Waals surface area contributed by atoms with Crippen LogP contribution in [0.15, 0.2) is 48.9 Å². The molecule has 182 valence electrons. The molecule has 0 bridgehead atoms. The summed E-state index contributed by atoms with van der Waals surface area (Å²) in [4.78, 5) is 42.5. The molecule has 0 N–H and O–H groups in total. The summed E-state index contributed by atoms with van der Waals surface area (Å²) in [7, 11) is 0. The average molecular weight is 472 g/mol. The Morgan fingerprint density at radius 2 is 1.71 bits per heavy atom. The number of nitrogens with zero attached hydrogens (tertiary/aromatic N) is 5. The number of benzene rings is 1. The fourth-order valence-electron chi connectivity index (χ4n) is 5.56. The number of fused-ring (bicyclic) bond motifs is 1. The second-order valence-corrected chi connectivity index (χ2v) is 10.00. The van der Waals surface area contributed by atoms with Crippen LogP contribution in [-0.2, 0) is 17.6 Å². The Labute approximate surface area is 206 Å². The van der Waals surface area contributed by atoms with E-state index in [9.17, 15) is 9.59 Å². The van der Waals surface area contributed by atoms with Crippen LogP contribution in [-0.4, -0.2) is 62.7 Å². The molecule has 0 saturated carbocycles. The van der Waals surface area contributed by atoms with Gasteiger partial charge in [0.25, 0.3) is 5.91 Å². The number of aromatic nitrogens is 3. The molecule has 1 atom stereocenters. The molecule has 0 spiro atoms. The van der Waals surface area contributed by atoms with Crippen molar-refractivity contribution in [1.82, 2.24) is 24.8 Å². The zero-order chi connectivity index (χ0) is 24.2. The first-order valence-electron chi connectivity index (χ1n) is 12.7. The molecule has 0 aliphatic carbocycles. The van der Waals surface area contributed by atoms with Crippen LogP contribution in [0.4, 0.5) is 0 Å². The van der Waals surface area contributed by atoms with Gasteiger partial charge in [0.15, 0.2) is 0 Å². The predicted molar refractivity (Wildman–Crippen MR) is 135 cm³/mol. The van der Waals surface area contributed by atoms with Gasteiger partial charge in [-0.25, -0.2) is 4.98 Å². The molecule has 4 heterocycles. The fraction of sp³-hybridized carbons (Fsp3) is 0.464. The maximum atomic E-state index is 13.4. The van der Waals surface area contributed by atoms with Gasteiger partial charge in [0.2, 0.25) is 5.91 Å². The highest BCUT2D eigenvalue weighted by molar-refractivity contribution is 5.93. The summed E-state index contributed by atoms with van der Waals surface area (Å²) in [6.07, 6.45) is 10.8. The van der Waals surface area contributed by atoms with Crippen molar-refractivity contribution in [2.45, 2.75) is 45.4 Å². The van der Waals surface area contributed by atoms with E-state index in [-0.39, 0.29) is 11.8 Å². The monoisotopic (exact) mass is 471 g/mol. The molecular formula is C28H33N5O2. The van der Waals surface area contributed by atoms with Crippen molar-refractivity contribution >= 4 is 22.7 Å². The SMILES string of the molecule is CC(=O)N1CCC[C@H](Cc2nccnc2C(=O)N2CCC(Cc3ccc4ncccc4c3)CC2)C1. The van der Waals surface area contributed by atoms with E-state index in [4.69, 9.17) is 0 Å². The maximum Gasteiger partial charge on any atom is 0.274 e. The van der Waals surface area contributed by atoms with Crippen LogP contribution in [0.25, 0.3) is 10.9 Å². The number of piperidine rings is 2. The van der Waals surface area contributed by atoms with E-state index in [0.717, 1.165) is 69.5 Å². The number of amides is 2. The van der Waals surface area contributed by atoms with Crippen LogP contribution in [0.1, 0.15) is 54.4 Å². The molecule has 35 heavy (non-hydrogen) atoms. The molecular weight excluding hydrogens is 438 g/mol. The number of likely N-dealkylation sites (tertiary alicyclic amines) is 2. The Morgan fingerprint density at radius 3 is 2.54 bits per heavy atom. The molecule has 2 aliphatic rings. The highest BCUT2D eigenvalue weighted by atomic mass is 16.2. The molecule has 2 fully saturated rings. The summed E-state index contributed by atoms with van der Waals surface area (Å²) < 4.78 is 0. The van der Waals surface area contributed by atoms with Crippen molar-refractivity contribution in [3.05, 3.63) is 65.9 Å². The van der Waals surface area contributed by atoms with Crippen molar-refractivity contribution in [2.75, 3.05) is 26.2 Å². The Balaban J connectivity index is 1.19.